The fourth-order valence-corrected chi connectivity index (χ4v) is 2.94. The van der Waals surface area contributed by atoms with Crippen LogP contribution in [0.4, 0.5) is 4.39 Å². The maximum absolute atomic E-state index is 14.3. The van der Waals surface area contributed by atoms with Crippen molar-refractivity contribution >= 4 is 17.6 Å². The molecule has 22 heavy (non-hydrogen) atoms. The molecule has 5 nitrogen and oxygen atoms in total. The van der Waals surface area contributed by atoms with Crippen molar-refractivity contribution in [2.24, 2.45) is 0 Å². The summed E-state index contributed by atoms with van der Waals surface area (Å²) >= 11 is 5.77. The van der Waals surface area contributed by atoms with Gasteiger partial charge in [0.05, 0.1) is 20.6 Å². The molecule has 1 aromatic rings. The SMILES string of the molecule is COC(=O)CC1CCCN1Cc1c(OC)cc(O)c(Cl)c1F. The highest BCUT2D eigenvalue weighted by atomic mass is 35.5. The van der Waals surface area contributed by atoms with Gasteiger partial charge in [-0.15, -0.1) is 0 Å². The van der Waals surface area contributed by atoms with Gasteiger partial charge >= 0.3 is 5.97 Å². The predicted molar refractivity (Wildman–Crippen MR) is 79.7 cm³/mol. The van der Waals surface area contributed by atoms with Gasteiger partial charge in [0, 0.05) is 24.2 Å². The van der Waals surface area contributed by atoms with E-state index in [0.717, 1.165) is 19.4 Å². The molecule has 1 aliphatic rings. The lowest BCUT2D eigenvalue weighted by molar-refractivity contribution is -0.141. The Kier molecular flexibility index (Phi) is 5.47. The summed E-state index contributed by atoms with van der Waals surface area (Å²) < 4.78 is 24.2. The molecule has 1 aromatic carbocycles. The molecule has 0 spiro atoms. The molecule has 1 atom stereocenters. The summed E-state index contributed by atoms with van der Waals surface area (Å²) in [4.78, 5) is 13.5. The van der Waals surface area contributed by atoms with Gasteiger partial charge in [0.1, 0.15) is 16.5 Å². The first-order valence-electron chi connectivity index (χ1n) is 7.02. The van der Waals surface area contributed by atoms with Crippen molar-refractivity contribution in [2.45, 2.75) is 31.8 Å². The highest BCUT2D eigenvalue weighted by molar-refractivity contribution is 6.32. The second-order valence-electron chi connectivity index (χ2n) is 5.25. The first kappa shape index (κ1) is 16.8. The standard InChI is InChI=1S/C15H19ClFNO4/c1-21-12-7-11(19)14(16)15(17)10(12)8-18-5-3-4-9(18)6-13(20)22-2/h7,9,19H,3-6,8H2,1-2H3. The van der Waals surface area contributed by atoms with Crippen molar-refractivity contribution in [1.82, 2.24) is 4.90 Å². The maximum atomic E-state index is 14.3. The summed E-state index contributed by atoms with van der Waals surface area (Å²) in [7, 11) is 2.76. The van der Waals surface area contributed by atoms with Crippen molar-refractivity contribution in [3.8, 4) is 11.5 Å². The number of phenolic OH excluding ortho intramolecular Hbond substituents is 1. The summed E-state index contributed by atoms with van der Waals surface area (Å²) in [5, 5.41) is 9.25. The molecule has 1 unspecified atom stereocenters. The molecule has 0 radical (unpaired) electrons. The van der Waals surface area contributed by atoms with Crippen molar-refractivity contribution in [3.63, 3.8) is 0 Å². The normalized spacial score (nSPS) is 18.5. The van der Waals surface area contributed by atoms with E-state index in [1.165, 1.54) is 20.3 Å². The average molecular weight is 332 g/mol. The van der Waals surface area contributed by atoms with Crippen LogP contribution >= 0.6 is 11.6 Å². The number of carbonyl (C=O) groups is 1. The zero-order chi connectivity index (χ0) is 16.3. The molecule has 0 saturated carbocycles. The summed E-state index contributed by atoms with van der Waals surface area (Å²) in [6.07, 6.45) is 2.05. The second-order valence-corrected chi connectivity index (χ2v) is 5.63. The fourth-order valence-electron chi connectivity index (χ4n) is 2.77. The van der Waals surface area contributed by atoms with Gasteiger partial charge in [0.25, 0.3) is 0 Å². The fraction of sp³-hybridized carbons (Fsp3) is 0.533. The van der Waals surface area contributed by atoms with Crippen LogP contribution in [0.3, 0.4) is 0 Å². The Morgan fingerprint density at radius 2 is 2.27 bits per heavy atom. The Morgan fingerprint density at radius 3 is 2.91 bits per heavy atom. The van der Waals surface area contributed by atoms with Gasteiger partial charge < -0.3 is 14.6 Å². The molecule has 1 N–H and O–H groups in total. The monoisotopic (exact) mass is 331 g/mol. The summed E-state index contributed by atoms with van der Waals surface area (Å²) in [5.41, 5.74) is 0.280. The highest BCUT2D eigenvalue weighted by Crippen LogP contribution is 2.37. The predicted octanol–water partition coefficient (Wildman–Crippen LogP) is 2.72. The van der Waals surface area contributed by atoms with E-state index in [-0.39, 0.29) is 47.1 Å². The smallest absolute Gasteiger partial charge is 0.307 e. The zero-order valence-electron chi connectivity index (χ0n) is 12.6. The number of halogens is 2. The number of ether oxygens (including phenoxy) is 2. The lowest BCUT2D eigenvalue weighted by Crippen LogP contribution is -2.31. The van der Waals surface area contributed by atoms with Gasteiger partial charge in [-0.2, -0.15) is 0 Å². The first-order chi connectivity index (χ1) is 10.5. The average Bonchev–Trinajstić information content (AvgIpc) is 2.94. The molecule has 7 heteroatoms. The molecule has 0 aromatic heterocycles. The van der Waals surface area contributed by atoms with Crippen molar-refractivity contribution in [3.05, 3.63) is 22.5 Å². The van der Waals surface area contributed by atoms with Crippen molar-refractivity contribution in [1.29, 1.82) is 0 Å². The quantitative estimate of drug-likeness (QED) is 0.841. The van der Waals surface area contributed by atoms with Crippen molar-refractivity contribution in [2.75, 3.05) is 20.8 Å². The molecule has 0 bridgehead atoms. The van der Waals surface area contributed by atoms with Gasteiger partial charge in [0.15, 0.2) is 5.82 Å². The molecule has 122 valence electrons. The van der Waals surface area contributed by atoms with E-state index in [1.54, 1.807) is 0 Å². The molecular formula is C15H19ClFNO4. The molecule has 1 fully saturated rings. The van der Waals surface area contributed by atoms with E-state index in [4.69, 9.17) is 21.1 Å². The van der Waals surface area contributed by atoms with E-state index in [1.807, 2.05) is 4.90 Å². The van der Waals surface area contributed by atoms with Crippen LogP contribution in [0.25, 0.3) is 0 Å². The lowest BCUT2D eigenvalue weighted by atomic mass is 10.1. The Morgan fingerprint density at radius 1 is 1.55 bits per heavy atom. The van der Waals surface area contributed by atoms with Gasteiger partial charge in [-0.05, 0) is 19.4 Å². The van der Waals surface area contributed by atoms with Crippen LogP contribution in [0.1, 0.15) is 24.8 Å². The zero-order valence-corrected chi connectivity index (χ0v) is 13.3. The number of methoxy groups -OCH3 is 2. The number of rotatable bonds is 5. The molecule has 1 heterocycles. The van der Waals surface area contributed by atoms with Crippen LogP contribution in [0, 0.1) is 5.82 Å². The number of aromatic hydroxyl groups is 1. The number of carbonyl (C=O) groups excluding carboxylic acids is 1. The molecule has 0 amide bonds. The summed E-state index contributed by atoms with van der Waals surface area (Å²) in [5.74, 6) is -1.09. The number of nitrogens with zero attached hydrogens (tertiary/aromatic N) is 1. The molecule has 2 rings (SSSR count). The Hall–Kier alpha value is -1.53. The minimum Gasteiger partial charge on any atom is -0.506 e. The van der Waals surface area contributed by atoms with Crippen LogP contribution in [0.2, 0.25) is 5.02 Å². The molecular weight excluding hydrogens is 313 g/mol. The van der Waals surface area contributed by atoms with E-state index < -0.39 is 5.82 Å². The van der Waals surface area contributed by atoms with Gasteiger partial charge in [0.2, 0.25) is 0 Å². The largest absolute Gasteiger partial charge is 0.506 e. The number of benzene rings is 1. The van der Waals surface area contributed by atoms with E-state index in [2.05, 4.69) is 0 Å². The minimum atomic E-state index is -0.692. The third-order valence-electron chi connectivity index (χ3n) is 3.96. The first-order valence-corrected chi connectivity index (χ1v) is 7.40. The Bertz CT molecular complexity index is 567. The van der Waals surface area contributed by atoms with E-state index in [9.17, 15) is 14.3 Å². The van der Waals surface area contributed by atoms with Crippen LogP contribution in [-0.4, -0.2) is 42.8 Å². The number of likely N-dealkylation sites (tertiary alicyclic amines) is 1. The summed E-state index contributed by atoms with van der Waals surface area (Å²) in [6.45, 7) is 1.01. The van der Waals surface area contributed by atoms with E-state index in [0.29, 0.717) is 0 Å². The van der Waals surface area contributed by atoms with Crippen LogP contribution in [0.5, 0.6) is 11.5 Å². The second kappa shape index (κ2) is 7.15. The van der Waals surface area contributed by atoms with E-state index >= 15 is 0 Å². The molecule has 0 aliphatic carbocycles. The number of phenols is 1. The highest BCUT2D eigenvalue weighted by Gasteiger charge is 2.29. The van der Waals surface area contributed by atoms with Gasteiger partial charge in [-0.25, -0.2) is 4.39 Å². The van der Waals surface area contributed by atoms with Gasteiger partial charge in [-0.3, -0.25) is 9.69 Å². The molecule has 1 saturated heterocycles. The van der Waals surface area contributed by atoms with Crippen LogP contribution in [-0.2, 0) is 16.1 Å². The van der Waals surface area contributed by atoms with Gasteiger partial charge in [-0.1, -0.05) is 11.6 Å². The van der Waals surface area contributed by atoms with Crippen LogP contribution in [0.15, 0.2) is 6.07 Å². The molecule has 1 aliphatic heterocycles. The third kappa shape index (κ3) is 3.44. The lowest BCUT2D eigenvalue weighted by Gasteiger charge is -2.25. The number of hydrogen-bond donors (Lipinski definition) is 1. The Labute approximate surface area is 133 Å². The summed E-state index contributed by atoms with van der Waals surface area (Å²) in [6, 6.07) is 1.30. The van der Waals surface area contributed by atoms with Crippen LogP contribution < -0.4 is 4.74 Å². The Balaban J connectivity index is 2.22. The maximum Gasteiger partial charge on any atom is 0.307 e. The number of hydrogen-bond acceptors (Lipinski definition) is 5. The number of esters is 1. The third-order valence-corrected chi connectivity index (χ3v) is 4.32. The minimum absolute atomic E-state index is 0.00383. The topological polar surface area (TPSA) is 59.0 Å². The van der Waals surface area contributed by atoms with Crippen molar-refractivity contribution < 1.29 is 23.8 Å².